The van der Waals surface area contributed by atoms with E-state index in [9.17, 15) is 15.0 Å². The zero-order chi connectivity index (χ0) is 22.3. The summed E-state index contributed by atoms with van der Waals surface area (Å²) in [5.74, 6) is 0.0852. The van der Waals surface area contributed by atoms with Crippen LogP contribution in [0.15, 0.2) is 0 Å². The molecule has 2 N–H and O–H groups in total. The van der Waals surface area contributed by atoms with Crippen molar-refractivity contribution in [1.82, 2.24) is 4.90 Å². The van der Waals surface area contributed by atoms with Crippen molar-refractivity contribution in [1.29, 1.82) is 0 Å². The molecule has 0 saturated carbocycles. The van der Waals surface area contributed by atoms with Crippen molar-refractivity contribution in [3.05, 3.63) is 0 Å². The van der Waals surface area contributed by atoms with Crippen molar-refractivity contribution >= 4 is 5.91 Å². The number of unbranched alkanes of at least 4 members (excludes halogenated alkanes) is 15. The van der Waals surface area contributed by atoms with Gasteiger partial charge in [-0.05, 0) is 12.8 Å². The van der Waals surface area contributed by atoms with Crippen LogP contribution >= 0.6 is 0 Å². The van der Waals surface area contributed by atoms with E-state index in [0.717, 1.165) is 32.1 Å². The minimum absolute atomic E-state index is 0.0337. The maximum Gasteiger partial charge on any atom is 0.222 e. The van der Waals surface area contributed by atoms with E-state index in [1.54, 1.807) is 4.90 Å². The summed E-state index contributed by atoms with van der Waals surface area (Å²) in [6, 6.07) is 0. The van der Waals surface area contributed by atoms with Crippen LogP contribution in [-0.2, 0) is 4.79 Å². The molecule has 1 atom stereocenters. The fourth-order valence-electron chi connectivity index (χ4n) is 4.04. The van der Waals surface area contributed by atoms with Gasteiger partial charge in [0.1, 0.15) is 0 Å². The summed E-state index contributed by atoms with van der Waals surface area (Å²) in [5.41, 5.74) is 0. The third-order valence-electron chi connectivity index (χ3n) is 6.04. The Morgan fingerprint density at radius 1 is 0.700 bits per heavy atom. The minimum atomic E-state index is -0.469. The Morgan fingerprint density at radius 2 is 1.13 bits per heavy atom. The fourth-order valence-corrected chi connectivity index (χ4v) is 4.04. The van der Waals surface area contributed by atoms with Gasteiger partial charge in [-0.3, -0.25) is 4.79 Å². The lowest BCUT2D eigenvalue weighted by Crippen LogP contribution is -2.39. The third kappa shape index (κ3) is 19.4. The highest BCUT2D eigenvalue weighted by Gasteiger charge is 2.16. The maximum atomic E-state index is 12.5. The van der Waals surface area contributed by atoms with Crippen molar-refractivity contribution < 1.29 is 15.0 Å². The van der Waals surface area contributed by atoms with Crippen molar-refractivity contribution in [2.75, 3.05) is 19.7 Å². The molecule has 1 amide bonds. The van der Waals surface area contributed by atoms with Crippen LogP contribution in [0.25, 0.3) is 0 Å². The molecule has 0 aliphatic rings. The quantitative estimate of drug-likeness (QED) is 0.180. The Hall–Kier alpha value is -0.610. The van der Waals surface area contributed by atoms with Crippen LogP contribution in [-0.4, -0.2) is 46.8 Å². The highest BCUT2D eigenvalue weighted by atomic mass is 16.3. The van der Waals surface area contributed by atoms with Crippen LogP contribution in [0.2, 0.25) is 0 Å². The van der Waals surface area contributed by atoms with Gasteiger partial charge in [-0.15, -0.1) is 0 Å². The molecule has 4 nitrogen and oxygen atoms in total. The largest absolute Gasteiger partial charge is 0.395 e. The maximum absolute atomic E-state index is 12.5. The summed E-state index contributed by atoms with van der Waals surface area (Å²) in [6.45, 7) is 5.15. The van der Waals surface area contributed by atoms with Gasteiger partial charge >= 0.3 is 0 Å². The van der Waals surface area contributed by atoms with Gasteiger partial charge in [0, 0.05) is 19.5 Å². The van der Waals surface area contributed by atoms with E-state index in [4.69, 9.17) is 0 Å². The van der Waals surface area contributed by atoms with E-state index in [1.807, 2.05) is 0 Å². The first kappa shape index (κ1) is 29.4. The molecule has 0 rings (SSSR count). The lowest BCUT2D eigenvalue weighted by molar-refractivity contribution is -0.133. The molecule has 0 spiro atoms. The monoisotopic (exact) mass is 427 g/mol. The fraction of sp³-hybridized carbons (Fsp3) is 0.962. The van der Waals surface area contributed by atoms with Crippen LogP contribution in [0.1, 0.15) is 136 Å². The standard InChI is InChI=1S/C26H53NO3/c1-3-5-7-9-11-13-15-17-19-21-26(30)27(22-23-28)24-25(29)20-18-16-14-12-10-8-6-4-2/h25,28-29H,3-24H2,1-2H3. The molecule has 0 aromatic heterocycles. The number of carbonyl (C=O) groups is 1. The molecule has 0 radical (unpaired) electrons. The number of hydrogen-bond donors (Lipinski definition) is 2. The second-order valence-corrected chi connectivity index (χ2v) is 9.06. The summed E-state index contributed by atoms with van der Waals surface area (Å²) >= 11 is 0. The van der Waals surface area contributed by atoms with E-state index in [0.29, 0.717) is 19.5 Å². The Bertz CT molecular complexity index is 362. The highest BCUT2D eigenvalue weighted by Crippen LogP contribution is 2.13. The molecule has 0 saturated heterocycles. The van der Waals surface area contributed by atoms with Gasteiger partial charge in [0.15, 0.2) is 0 Å². The molecule has 30 heavy (non-hydrogen) atoms. The summed E-state index contributed by atoms with van der Waals surface area (Å²) in [6.07, 6.45) is 22.0. The number of hydrogen-bond acceptors (Lipinski definition) is 3. The average Bonchev–Trinajstić information content (AvgIpc) is 2.74. The number of amides is 1. The molecule has 0 heterocycles. The molecule has 0 aromatic rings. The third-order valence-corrected chi connectivity index (χ3v) is 6.04. The number of carbonyl (C=O) groups excluding carboxylic acids is 1. The first-order chi connectivity index (χ1) is 14.7. The van der Waals surface area contributed by atoms with E-state index in [1.165, 1.54) is 83.5 Å². The molecule has 1 unspecified atom stereocenters. The van der Waals surface area contributed by atoms with E-state index in [-0.39, 0.29) is 12.5 Å². The minimum Gasteiger partial charge on any atom is -0.395 e. The zero-order valence-electron chi connectivity index (χ0n) is 20.4. The lowest BCUT2D eigenvalue weighted by Gasteiger charge is -2.25. The molecule has 0 aliphatic carbocycles. The lowest BCUT2D eigenvalue weighted by atomic mass is 10.0. The van der Waals surface area contributed by atoms with Gasteiger partial charge < -0.3 is 15.1 Å². The van der Waals surface area contributed by atoms with Crippen molar-refractivity contribution in [3.63, 3.8) is 0 Å². The van der Waals surface area contributed by atoms with Crippen LogP contribution < -0.4 is 0 Å². The number of nitrogens with zero attached hydrogens (tertiary/aromatic N) is 1. The first-order valence-electron chi connectivity index (χ1n) is 13.2. The van der Waals surface area contributed by atoms with Gasteiger partial charge in [-0.1, -0.05) is 117 Å². The van der Waals surface area contributed by atoms with Crippen molar-refractivity contribution in [2.24, 2.45) is 0 Å². The molecule has 0 fully saturated rings. The van der Waals surface area contributed by atoms with Gasteiger partial charge in [0.05, 0.1) is 12.7 Å². The van der Waals surface area contributed by atoms with Crippen molar-refractivity contribution in [2.45, 2.75) is 142 Å². The van der Waals surface area contributed by atoms with Crippen LogP contribution in [0, 0.1) is 0 Å². The number of rotatable bonds is 23. The Balaban J connectivity index is 3.80. The average molecular weight is 428 g/mol. The second kappa shape index (κ2) is 23.1. The molecule has 180 valence electrons. The number of aliphatic hydroxyl groups is 2. The molecule has 4 heteroatoms. The van der Waals surface area contributed by atoms with Crippen LogP contribution in [0.3, 0.4) is 0 Å². The molecular formula is C26H53NO3. The predicted molar refractivity (Wildman–Crippen MR) is 129 cm³/mol. The highest BCUT2D eigenvalue weighted by molar-refractivity contribution is 5.76. The normalized spacial score (nSPS) is 12.3. The second-order valence-electron chi connectivity index (χ2n) is 9.06. The first-order valence-corrected chi connectivity index (χ1v) is 13.2. The molecule has 0 bridgehead atoms. The van der Waals surface area contributed by atoms with Crippen molar-refractivity contribution in [3.8, 4) is 0 Å². The predicted octanol–water partition coefficient (Wildman–Crippen LogP) is 6.62. The molecule has 0 aliphatic heterocycles. The Morgan fingerprint density at radius 3 is 1.60 bits per heavy atom. The smallest absolute Gasteiger partial charge is 0.222 e. The topological polar surface area (TPSA) is 60.8 Å². The van der Waals surface area contributed by atoms with Crippen LogP contribution in [0.4, 0.5) is 0 Å². The SMILES string of the molecule is CCCCCCCCCCCC(=O)N(CCO)CC(O)CCCCCCCCCC. The summed E-state index contributed by atoms with van der Waals surface area (Å²) < 4.78 is 0. The van der Waals surface area contributed by atoms with E-state index < -0.39 is 6.10 Å². The van der Waals surface area contributed by atoms with E-state index >= 15 is 0 Å². The Labute approximate surface area is 187 Å². The van der Waals surface area contributed by atoms with Gasteiger partial charge in [-0.2, -0.15) is 0 Å². The van der Waals surface area contributed by atoms with Gasteiger partial charge in [-0.25, -0.2) is 0 Å². The van der Waals surface area contributed by atoms with E-state index in [2.05, 4.69) is 13.8 Å². The summed E-state index contributed by atoms with van der Waals surface area (Å²) in [4.78, 5) is 14.1. The molecular weight excluding hydrogens is 374 g/mol. The van der Waals surface area contributed by atoms with Gasteiger partial charge in [0.2, 0.25) is 5.91 Å². The van der Waals surface area contributed by atoms with Crippen LogP contribution in [0.5, 0.6) is 0 Å². The summed E-state index contributed by atoms with van der Waals surface area (Å²) in [7, 11) is 0. The number of aliphatic hydroxyl groups excluding tert-OH is 2. The zero-order valence-corrected chi connectivity index (χ0v) is 20.4. The van der Waals surface area contributed by atoms with Gasteiger partial charge in [0.25, 0.3) is 0 Å². The summed E-state index contributed by atoms with van der Waals surface area (Å²) in [5, 5.41) is 19.6. The molecule has 0 aromatic carbocycles. The Kier molecular flexibility index (Phi) is 22.6.